The Balaban J connectivity index is 1.79. The van der Waals surface area contributed by atoms with Crippen LogP contribution in [-0.4, -0.2) is 30.8 Å². The molecular formula is C14H19NO2S. The summed E-state index contributed by atoms with van der Waals surface area (Å²) < 4.78 is 11.2. The first-order valence-corrected chi connectivity index (χ1v) is 7.75. The van der Waals surface area contributed by atoms with Crippen LogP contribution in [0.2, 0.25) is 0 Å². The van der Waals surface area contributed by atoms with Crippen LogP contribution in [0, 0.1) is 0 Å². The standard InChI is InChI=1S/C14H19NO2S/c1-2-11-8-18-9-12(15-11)10-3-4-13-14(7-10)17-6-5-16-13/h3-4,7,11-12,15H,2,5-6,8-9H2,1H3. The minimum absolute atomic E-state index is 0.435. The molecule has 2 aliphatic heterocycles. The highest BCUT2D eigenvalue weighted by Gasteiger charge is 2.23. The number of hydrogen-bond donors (Lipinski definition) is 1. The molecule has 18 heavy (non-hydrogen) atoms. The zero-order valence-electron chi connectivity index (χ0n) is 10.6. The average Bonchev–Trinajstić information content (AvgIpc) is 2.47. The van der Waals surface area contributed by atoms with Crippen LogP contribution in [0.25, 0.3) is 0 Å². The molecule has 1 fully saturated rings. The van der Waals surface area contributed by atoms with Gasteiger partial charge < -0.3 is 14.8 Å². The van der Waals surface area contributed by atoms with Crippen molar-refractivity contribution < 1.29 is 9.47 Å². The van der Waals surface area contributed by atoms with E-state index in [9.17, 15) is 0 Å². The van der Waals surface area contributed by atoms with Crippen molar-refractivity contribution in [3.63, 3.8) is 0 Å². The molecule has 2 heterocycles. The lowest BCUT2D eigenvalue weighted by Crippen LogP contribution is -2.39. The van der Waals surface area contributed by atoms with E-state index in [0.29, 0.717) is 25.3 Å². The van der Waals surface area contributed by atoms with E-state index in [1.807, 2.05) is 17.8 Å². The van der Waals surface area contributed by atoms with Gasteiger partial charge in [0.1, 0.15) is 13.2 Å². The van der Waals surface area contributed by atoms with Crippen LogP contribution >= 0.6 is 11.8 Å². The number of fused-ring (bicyclic) bond motifs is 1. The molecule has 0 amide bonds. The summed E-state index contributed by atoms with van der Waals surface area (Å²) in [5.41, 5.74) is 1.31. The molecule has 3 nitrogen and oxygen atoms in total. The molecule has 0 aliphatic carbocycles. The van der Waals surface area contributed by atoms with E-state index in [-0.39, 0.29) is 0 Å². The maximum absolute atomic E-state index is 5.65. The van der Waals surface area contributed by atoms with Gasteiger partial charge in [0, 0.05) is 23.6 Å². The summed E-state index contributed by atoms with van der Waals surface area (Å²) in [6, 6.07) is 7.38. The van der Waals surface area contributed by atoms with Crippen LogP contribution in [0.5, 0.6) is 11.5 Å². The molecule has 2 atom stereocenters. The monoisotopic (exact) mass is 265 g/mol. The lowest BCUT2D eigenvalue weighted by atomic mass is 10.1. The second kappa shape index (κ2) is 5.41. The Kier molecular flexibility index (Phi) is 3.66. The van der Waals surface area contributed by atoms with Gasteiger partial charge in [-0.1, -0.05) is 13.0 Å². The molecule has 3 rings (SSSR count). The summed E-state index contributed by atoms with van der Waals surface area (Å²) in [5.74, 6) is 4.12. The van der Waals surface area contributed by atoms with Gasteiger partial charge in [0.25, 0.3) is 0 Å². The Bertz CT molecular complexity index is 424. The number of benzene rings is 1. The first-order chi connectivity index (χ1) is 8.86. The Labute approximate surface area is 112 Å². The summed E-state index contributed by atoms with van der Waals surface area (Å²) >= 11 is 2.03. The third-order valence-corrected chi connectivity index (χ3v) is 4.71. The molecular weight excluding hydrogens is 246 g/mol. The fourth-order valence-electron chi connectivity index (χ4n) is 2.41. The maximum Gasteiger partial charge on any atom is 0.161 e. The van der Waals surface area contributed by atoms with Crippen molar-refractivity contribution in [3.8, 4) is 11.5 Å². The number of nitrogens with one attached hydrogen (secondary N) is 1. The van der Waals surface area contributed by atoms with E-state index in [0.717, 1.165) is 17.3 Å². The highest BCUT2D eigenvalue weighted by Crippen LogP contribution is 2.34. The van der Waals surface area contributed by atoms with Crippen LogP contribution in [0.1, 0.15) is 24.9 Å². The molecule has 0 saturated carbocycles. The molecule has 1 aromatic carbocycles. The van der Waals surface area contributed by atoms with Crippen molar-refractivity contribution >= 4 is 11.8 Å². The molecule has 1 N–H and O–H groups in total. The zero-order valence-corrected chi connectivity index (χ0v) is 11.5. The first-order valence-electron chi connectivity index (χ1n) is 6.60. The summed E-state index contributed by atoms with van der Waals surface area (Å²) in [5, 5.41) is 3.71. The normalized spacial score (nSPS) is 26.9. The molecule has 4 heteroatoms. The van der Waals surface area contributed by atoms with Crippen LogP contribution in [-0.2, 0) is 0 Å². The van der Waals surface area contributed by atoms with E-state index >= 15 is 0 Å². The third kappa shape index (κ3) is 2.45. The minimum atomic E-state index is 0.435. The third-order valence-electron chi connectivity index (χ3n) is 3.50. The van der Waals surface area contributed by atoms with Gasteiger partial charge in [-0.25, -0.2) is 0 Å². The summed E-state index contributed by atoms with van der Waals surface area (Å²) in [7, 11) is 0. The Morgan fingerprint density at radius 2 is 2.06 bits per heavy atom. The van der Waals surface area contributed by atoms with E-state index in [1.54, 1.807) is 0 Å². The van der Waals surface area contributed by atoms with Gasteiger partial charge >= 0.3 is 0 Å². The number of hydrogen-bond acceptors (Lipinski definition) is 4. The van der Waals surface area contributed by atoms with Crippen molar-refractivity contribution in [2.24, 2.45) is 0 Å². The zero-order chi connectivity index (χ0) is 12.4. The van der Waals surface area contributed by atoms with Gasteiger partial charge in [0.15, 0.2) is 11.5 Å². The van der Waals surface area contributed by atoms with Crippen molar-refractivity contribution in [1.29, 1.82) is 0 Å². The molecule has 0 radical (unpaired) electrons. The van der Waals surface area contributed by atoms with Crippen LogP contribution in [0.3, 0.4) is 0 Å². The van der Waals surface area contributed by atoms with Gasteiger partial charge in [0.05, 0.1) is 0 Å². The molecule has 98 valence electrons. The molecule has 2 aliphatic rings. The average molecular weight is 265 g/mol. The largest absolute Gasteiger partial charge is 0.486 e. The van der Waals surface area contributed by atoms with Crippen LogP contribution < -0.4 is 14.8 Å². The summed E-state index contributed by atoms with van der Waals surface area (Å²) in [4.78, 5) is 0. The highest BCUT2D eigenvalue weighted by molar-refractivity contribution is 7.99. The number of ether oxygens (including phenoxy) is 2. The molecule has 0 bridgehead atoms. The number of thioether (sulfide) groups is 1. The van der Waals surface area contributed by atoms with Crippen molar-refractivity contribution in [3.05, 3.63) is 23.8 Å². The lowest BCUT2D eigenvalue weighted by Gasteiger charge is -2.31. The lowest BCUT2D eigenvalue weighted by molar-refractivity contribution is 0.171. The van der Waals surface area contributed by atoms with Crippen LogP contribution in [0.15, 0.2) is 18.2 Å². The van der Waals surface area contributed by atoms with Gasteiger partial charge in [-0.2, -0.15) is 11.8 Å². The molecule has 1 saturated heterocycles. The molecule has 1 aromatic rings. The minimum Gasteiger partial charge on any atom is -0.486 e. The van der Waals surface area contributed by atoms with Crippen LogP contribution in [0.4, 0.5) is 0 Å². The van der Waals surface area contributed by atoms with Gasteiger partial charge in [0.2, 0.25) is 0 Å². The number of rotatable bonds is 2. The fraction of sp³-hybridized carbons (Fsp3) is 0.571. The second-order valence-electron chi connectivity index (χ2n) is 4.76. The summed E-state index contributed by atoms with van der Waals surface area (Å²) in [6.45, 7) is 3.55. The van der Waals surface area contributed by atoms with E-state index in [2.05, 4.69) is 24.4 Å². The first kappa shape index (κ1) is 12.2. The Hall–Kier alpha value is -0.870. The van der Waals surface area contributed by atoms with Crippen molar-refractivity contribution in [2.45, 2.75) is 25.4 Å². The molecule has 0 spiro atoms. The predicted molar refractivity (Wildman–Crippen MR) is 74.7 cm³/mol. The Morgan fingerprint density at radius 3 is 2.89 bits per heavy atom. The summed E-state index contributed by atoms with van der Waals surface area (Å²) in [6.07, 6.45) is 1.19. The SMILES string of the molecule is CCC1CSCC(c2ccc3c(c2)OCCO3)N1. The van der Waals surface area contributed by atoms with Crippen molar-refractivity contribution in [2.75, 3.05) is 24.7 Å². The predicted octanol–water partition coefficient (Wildman–Crippen LogP) is 2.61. The van der Waals surface area contributed by atoms with Crippen molar-refractivity contribution in [1.82, 2.24) is 5.32 Å². The maximum atomic E-state index is 5.65. The van der Waals surface area contributed by atoms with E-state index < -0.39 is 0 Å². The topological polar surface area (TPSA) is 30.5 Å². The highest BCUT2D eigenvalue weighted by atomic mass is 32.2. The quantitative estimate of drug-likeness (QED) is 0.890. The molecule has 0 aromatic heterocycles. The Morgan fingerprint density at radius 1 is 1.22 bits per heavy atom. The molecule has 2 unspecified atom stereocenters. The fourth-order valence-corrected chi connectivity index (χ4v) is 3.69. The van der Waals surface area contributed by atoms with E-state index in [1.165, 1.54) is 17.7 Å². The van der Waals surface area contributed by atoms with Gasteiger partial charge in [-0.3, -0.25) is 0 Å². The van der Waals surface area contributed by atoms with E-state index in [4.69, 9.17) is 9.47 Å². The second-order valence-corrected chi connectivity index (χ2v) is 5.84. The van der Waals surface area contributed by atoms with Gasteiger partial charge in [-0.05, 0) is 24.1 Å². The van der Waals surface area contributed by atoms with Gasteiger partial charge in [-0.15, -0.1) is 0 Å². The smallest absolute Gasteiger partial charge is 0.161 e.